The van der Waals surface area contributed by atoms with Crippen molar-refractivity contribution in [1.82, 2.24) is 4.98 Å². The molecule has 2 unspecified atom stereocenters. The van der Waals surface area contributed by atoms with E-state index in [1.165, 1.54) is 0 Å². The van der Waals surface area contributed by atoms with Gasteiger partial charge in [0.15, 0.2) is 0 Å². The summed E-state index contributed by atoms with van der Waals surface area (Å²) in [4.78, 5) is 21.5. The molecule has 0 fully saturated rings. The van der Waals surface area contributed by atoms with Crippen LogP contribution >= 0.6 is 0 Å². The Bertz CT molecular complexity index is 1070. The number of oxime groups is 1. The van der Waals surface area contributed by atoms with Crippen molar-refractivity contribution in [3.05, 3.63) is 71.6 Å². The minimum absolute atomic E-state index is 0.0432. The summed E-state index contributed by atoms with van der Waals surface area (Å²) in [6.45, 7) is 7.94. The second-order valence-electron chi connectivity index (χ2n) is 8.55. The van der Waals surface area contributed by atoms with E-state index in [2.05, 4.69) is 10.1 Å². The van der Waals surface area contributed by atoms with Crippen molar-refractivity contribution >= 4 is 12.2 Å². The molecule has 0 radical (unpaired) electrons. The molecule has 0 saturated carbocycles. The summed E-state index contributed by atoms with van der Waals surface area (Å²) in [7, 11) is 0. The van der Waals surface area contributed by atoms with Gasteiger partial charge in [0.05, 0.1) is 18.2 Å². The predicted octanol–water partition coefficient (Wildman–Crippen LogP) is 5.56. The van der Waals surface area contributed by atoms with Gasteiger partial charge in [-0.3, -0.25) is 4.79 Å². The van der Waals surface area contributed by atoms with Gasteiger partial charge in [0.2, 0.25) is 5.89 Å². The fourth-order valence-electron chi connectivity index (χ4n) is 3.46. The molecule has 34 heavy (non-hydrogen) atoms. The van der Waals surface area contributed by atoms with Gasteiger partial charge in [0.25, 0.3) is 0 Å². The first-order chi connectivity index (χ1) is 16.3. The number of oxazole rings is 1. The number of rotatable bonds is 12. The summed E-state index contributed by atoms with van der Waals surface area (Å²) in [6.07, 6.45) is 2.54. The van der Waals surface area contributed by atoms with Gasteiger partial charge in [-0.2, -0.15) is 0 Å². The van der Waals surface area contributed by atoms with Crippen molar-refractivity contribution in [3.63, 3.8) is 0 Å². The first-order valence-corrected chi connectivity index (χ1v) is 11.5. The average Bonchev–Trinajstić information content (AvgIpc) is 3.19. The number of carboxylic acid groups (broad SMARTS) is 1. The van der Waals surface area contributed by atoms with Crippen molar-refractivity contribution in [1.29, 1.82) is 0 Å². The van der Waals surface area contributed by atoms with Crippen molar-refractivity contribution in [3.8, 4) is 17.2 Å². The van der Waals surface area contributed by atoms with Gasteiger partial charge in [-0.15, -0.1) is 0 Å². The van der Waals surface area contributed by atoms with Gasteiger partial charge in [-0.05, 0) is 57.0 Å². The van der Waals surface area contributed by atoms with Crippen LogP contribution in [0.2, 0.25) is 0 Å². The first kappa shape index (κ1) is 25.0. The molecule has 1 N–H and O–H groups in total. The molecule has 0 bridgehead atoms. The molecule has 0 spiro atoms. The Balaban J connectivity index is 1.53. The first-order valence-electron chi connectivity index (χ1n) is 11.5. The van der Waals surface area contributed by atoms with E-state index < -0.39 is 11.9 Å². The zero-order valence-electron chi connectivity index (χ0n) is 20.1. The average molecular weight is 465 g/mol. The summed E-state index contributed by atoms with van der Waals surface area (Å²) < 4.78 is 11.7. The van der Waals surface area contributed by atoms with E-state index >= 15 is 0 Å². The number of carbonyl (C=O) groups is 1. The van der Waals surface area contributed by atoms with E-state index in [1.54, 1.807) is 6.21 Å². The fourth-order valence-corrected chi connectivity index (χ4v) is 3.46. The Morgan fingerprint density at radius 1 is 1.12 bits per heavy atom. The van der Waals surface area contributed by atoms with Crippen LogP contribution in [0.4, 0.5) is 0 Å². The third-order valence-electron chi connectivity index (χ3n) is 5.42. The highest BCUT2D eigenvalue weighted by atomic mass is 16.6. The van der Waals surface area contributed by atoms with E-state index in [1.807, 2.05) is 82.3 Å². The Hall–Kier alpha value is -3.61. The maximum atomic E-state index is 11.8. The highest BCUT2D eigenvalue weighted by Gasteiger charge is 2.24. The van der Waals surface area contributed by atoms with Gasteiger partial charge in [-0.1, -0.05) is 42.4 Å². The van der Waals surface area contributed by atoms with Crippen LogP contribution in [0.1, 0.15) is 37.8 Å². The van der Waals surface area contributed by atoms with Gasteiger partial charge in [0, 0.05) is 24.1 Å². The second-order valence-corrected chi connectivity index (χ2v) is 8.55. The minimum Gasteiger partial charge on any atom is -0.493 e. The van der Waals surface area contributed by atoms with Crippen molar-refractivity contribution in [2.75, 3.05) is 6.61 Å². The molecule has 2 atom stereocenters. The van der Waals surface area contributed by atoms with Gasteiger partial charge >= 0.3 is 5.97 Å². The van der Waals surface area contributed by atoms with Crippen molar-refractivity contribution in [2.24, 2.45) is 17.0 Å². The van der Waals surface area contributed by atoms with Gasteiger partial charge < -0.3 is 19.1 Å². The van der Waals surface area contributed by atoms with Crippen LogP contribution < -0.4 is 4.74 Å². The fraction of sp³-hybridized carbons (Fsp3) is 0.370. The zero-order valence-corrected chi connectivity index (χ0v) is 20.1. The normalized spacial score (nSPS) is 13.2. The molecular formula is C27H32N2O5. The molecule has 7 nitrogen and oxygen atoms in total. The molecule has 7 heteroatoms. The van der Waals surface area contributed by atoms with Gasteiger partial charge in [0.1, 0.15) is 17.6 Å². The molecule has 0 aliphatic rings. The number of nitrogens with zero attached hydrogens (tertiary/aromatic N) is 2. The molecule has 2 aromatic carbocycles. The molecule has 1 aromatic heterocycles. The summed E-state index contributed by atoms with van der Waals surface area (Å²) in [6, 6.07) is 17.3. The number of aryl methyl sites for hydroxylation is 1. The van der Waals surface area contributed by atoms with Crippen molar-refractivity contribution in [2.45, 2.75) is 46.6 Å². The van der Waals surface area contributed by atoms with E-state index in [9.17, 15) is 9.90 Å². The van der Waals surface area contributed by atoms with Crippen LogP contribution in [0.5, 0.6) is 5.75 Å². The largest absolute Gasteiger partial charge is 0.493 e. The zero-order chi connectivity index (χ0) is 24.5. The lowest BCUT2D eigenvalue weighted by Gasteiger charge is -2.17. The Labute approximate surface area is 200 Å². The minimum atomic E-state index is -0.860. The topological polar surface area (TPSA) is 94.2 Å². The molecule has 180 valence electrons. The number of benzene rings is 2. The highest BCUT2D eigenvalue weighted by molar-refractivity contribution is 5.76. The number of carboxylic acids is 1. The summed E-state index contributed by atoms with van der Waals surface area (Å²) in [5.41, 5.74) is 2.74. The number of aromatic nitrogens is 1. The van der Waals surface area contributed by atoms with Crippen molar-refractivity contribution < 1.29 is 23.9 Å². The monoisotopic (exact) mass is 464 g/mol. The van der Waals surface area contributed by atoms with Crippen LogP contribution in [0, 0.1) is 18.8 Å². The standard InChI is InChI=1S/C27H32N2O5/c1-18(2)34-28-17-19(3)24(27(30)31)16-21-10-12-23(13-11-21)32-15-14-25-20(4)33-26(29-25)22-8-6-5-7-9-22/h5-13,17-19,24H,14-16H2,1-4H3,(H,30,31)/b28-17+. The van der Waals surface area contributed by atoms with Gasteiger partial charge in [-0.25, -0.2) is 4.98 Å². The summed E-state index contributed by atoms with van der Waals surface area (Å²) in [5.74, 6) is 0.398. The number of aliphatic carboxylic acids is 1. The lowest BCUT2D eigenvalue weighted by atomic mass is 9.89. The van der Waals surface area contributed by atoms with Crippen LogP contribution in [-0.2, 0) is 22.5 Å². The van der Waals surface area contributed by atoms with Crippen LogP contribution in [0.25, 0.3) is 11.5 Å². The second kappa shape index (κ2) is 12.0. The molecule has 3 aromatic rings. The molecule has 0 aliphatic carbocycles. The third-order valence-corrected chi connectivity index (χ3v) is 5.42. The van der Waals surface area contributed by atoms with E-state index in [0.29, 0.717) is 25.3 Å². The number of ether oxygens (including phenoxy) is 1. The molecule has 0 amide bonds. The molecular weight excluding hydrogens is 432 g/mol. The molecule has 0 saturated heterocycles. The Morgan fingerprint density at radius 2 is 1.82 bits per heavy atom. The number of hydrogen-bond donors (Lipinski definition) is 1. The molecule has 1 heterocycles. The Kier molecular flexibility index (Phi) is 8.85. The maximum absolute atomic E-state index is 11.8. The summed E-state index contributed by atoms with van der Waals surface area (Å²) in [5, 5.41) is 13.5. The molecule has 0 aliphatic heterocycles. The SMILES string of the molecule is Cc1oc(-c2ccccc2)nc1CCOc1ccc(CC(C(=O)O)C(C)/C=N/OC(C)C)cc1. The Morgan fingerprint density at radius 3 is 2.47 bits per heavy atom. The highest BCUT2D eigenvalue weighted by Crippen LogP contribution is 2.23. The smallest absolute Gasteiger partial charge is 0.307 e. The predicted molar refractivity (Wildman–Crippen MR) is 131 cm³/mol. The van der Waals surface area contributed by atoms with E-state index in [-0.39, 0.29) is 12.0 Å². The van der Waals surface area contributed by atoms with Crippen LogP contribution in [0.15, 0.2) is 64.2 Å². The summed E-state index contributed by atoms with van der Waals surface area (Å²) >= 11 is 0. The quantitative estimate of drug-likeness (QED) is 0.278. The lowest BCUT2D eigenvalue weighted by molar-refractivity contribution is -0.142. The third kappa shape index (κ3) is 7.20. The maximum Gasteiger partial charge on any atom is 0.307 e. The van der Waals surface area contributed by atoms with Crippen LogP contribution in [-0.4, -0.2) is 35.0 Å². The van der Waals surface area contributed by atoms with Crippen LogP contribution in [0.3, 0.4) is 0 Å². The van der Waals surface area contributed by atoms with E-state index in [4.69, 9.17) is 14.0 Å². The lowest BCUT2D eigenvalue weighted by Crippen LogP contribution is -2.25. The van der Waals surface area contributed by atoms with E-state index in [0.717, 1.165) is 28.3 Å². The molecule has 3 rings (SSSR count). The number of hydrogen-bond acceptors (Lipinski definition) is 6.